The van der Waals surface area contributed by atoms with Gasteiger partial charge in [0.05, 0.1) is 6.20 Å². The summed E-state index contributed by atoms with van der Waals surface area (Å²) in [4.78, 5) is 8.02. The fourth-order valence-corrected chi connectivity index (χ4v) is 2.37. The zero-order chi connectivity index (χ0) is 12.8. The first kappa shape index (κ1) is 13.1. The number of hydrogen-bond acceptors (Lipinski definition) is 4. The van der Waals surface area contributed by atoms with Gasteiger partial charge in [-0.15, -0.1) is 0 Å². The Morgan fingerprint density at radius 2 is 2.06 bits per heavy atom. The summed E-state index contributed by atoms with van der Waals surface area (Å²) in [5.41, 5.74) is 0. The minimum absolute atomic E-state index is 0.312. The lowest BCUT2D eigenvalue weighted by Crippen LogP contribution is -2.18. The van der Waals surface area contributed by atoms with Gasteiger partial charge in [-0.05, 0) is 25.7 Å². The monoisotopic (exact) mass is 252 g/mol. The van der Waals surface area contributed by atoms with Gasteiger partial charge in [0, 0.05) is 13.1 Å². The molecule has 0 unspecified atom stereocenters. The predicted molar refractivity (Wildman–Crippen MR) is 71.2 cm³/mol. The second kappa shape index (κ2) is 6.52. The second-order valence-corrected chi connectivity index (χ2v) is 4.81. The first-order valence-electron chi connectivity index (χ1n) is 6.80. The van der Waals surface area contributed by atoms with Crippen molar-refractivity contribution in [1.82, 2.24) is 9.97 Å². The van der Waals surface area contributed by atoms with Crippen molar-refractivity contribution in [3.8, 4) is 0 Å². The lowest BCUT2D eigenvalue weighted by atomic mass is 9.89. The van der Waals surface area contributed by atoms with Gasteiger partial charge in [-0.2, -0.15) is 4.98 Å². The summed E-state index contributed by atoms with van der Waals surface area (Å²) in [6, 6.07) is 0. The summed E-state index contributed by atoms with van der Waals surface area (Å²) in [5.74, 6) is 1.06. The molecule has 1 aromatic heterocycles. The van der Waals surface area contributed by atoms with E-state index >= 15 is 0 Å². The van der Waals surface area contributed by atoms with Crippen molar-refractivity contribution in [1.29, 1.82) is 0 Å². The maximum atomic E-state index is 13.5. The molecule has 2 N–H and O–H groups in total. The van der Waals surface area contributed by atoms with Crippen LogP contribution in [0.2, 0.25) is 0 Å². The number of hydrogen-bond donors (Lipinski definition) is 2. The van der Waals surface area contributed by atoms with Gasteiger partial charge < -0.3 is 10.6 Å². The summed E-state index contributed by atoms with van der Waals surface area (Å²) in [6.07, 6.45) is 7.61. The third kappa shape index (κ3) is 3.55. The van der Waals surface area contributed by atoms with Crippen LogP contribution in [0.5, 0.6) is 0 Å². The Balaban J connectivity index is 1.92. The van der Waals surface area contributed by atoms with E-state index < -0.39 is 0 Å². The molecule has 100 valence electrons. The zero-order valence-corrected chi connectivity index (χ0v) is 10.9. The molecule has 5 heteroatoms. The average Bonchev–Trinajstić information content (AvgIpc) is 2.41. The number of halogens is 1. The van der Waals surface area contributed by atoms with Crippen LogP contribution < -0.4 is 10.6 Å². The molecule has 0 spiro atoms. The van der Waals surface area contributed by atoms with Crippen molar-refractivity contribution in [2.75, 3.05) is 23.7 Å². The highest BCUT2D eigenvalue weighted by molar-refractivity contribution is 5.40. The minimum Gasteiger partial charge on any atom is -0.367 e. The van der Waals surface area contributed by atoms with Gasteiger partial charge in [-0.3, -0.25) is 0 Å². The van der Waals surface area contributed by atoms with Crippen LogP contribution in [-0.4, -0.2) is 23.1 Å². The number of nitrogens with zero attached hydrogens (tertiary/aromatic N) is 2. The third-order valence-corrected chi connectivity index (χ3v) is 3.36. The first-order valence-corrected chi connectivity index (χ1v) is 6.80. The summed E-state index contributed by atoms with van der Waals surface area (Å²) in [5, 5.41) is 6.10. The molecule has 1 aliphatic carbocycles. The molecule has 0 amide bonds. The smallest absolute Gasteiger partial charge is 0.224 e. The van der Waals surface area contributed by atoms with E-state index in [4.69, 9.17) is 0 Å². The predicted octanol–water partition coefficient (Wildman–Crippen LogP) is 3.04. The Hall–Kier alpha value is -1.39. The summed E-state index contributed by atoms with van der Waals surface area (Å²) in [6.45, 7) is 3.50. The van der Waals surface area contributed by atoms with Crippen molar-refractivity contribution in [3.05, 3.63) is 12.0 Å². The second-order valence-electron chi connectivity index (χ2n) is 4.81. The van der Waals surface area contributed by atoms with E-state index in [0.717, 1.165) is 13.1 Å². The van der Waals surface area contributed by atoms with Crippen LogP contribution in [0.1, 0.15) is 39.0 Å². The quantitative estimate of drug-likeness (QED) is 0.845. The number of aromatic nitrogens is 2. The Bertz CT molecular complexity index is 377. The van der Waals surface area contributed by atoms with E-state index in [9.17, 15) is 4.39 Å². The molecule has 18 heavy (non-hydrogen) atoms. The molecule has 0 radical (unpaired) electrons. The summed E-state index contributed by atoms with van der Waals surface area (Å²) < 4.78 is 13.5. The Kier molecular flexibility index (Phi) is 4.73. The molecule has 1 heterocycles. The highest BCUT2D eigenvalue weighted by Crippen LogP contribution is 2.24. The summed E-state index contributed by atoms with van der Waals surface area (Å²) >= 11 is 0. The number of nitrogens with one attached hydrogen (secondary N) is 2. The third-order valence-electron chi connectivity index (χ3n) is 3.36. The molecule has 1 aliphatic rings. The van der Waals surface area contributed by atoms with Crippen LogP contribution in [0, 0.1) is 11.7 Å². The molecular formula is C13H21FN4. The van der Waals surface area contributed by atoms with E-state index in [-0.39, 0.29) is 5.82 Å². The van der Waals surface area contributed by atoms with E-state index in [1.165, 1.54) is 38.3 Å². The zero-order valence-electron chi connectivity index (χ0n) is 10.9. The molecule has 0 aliphatic heterocycles. The van der Waals surface area contributed by atoms with Crippen LogP contribution in [0.4, 0.5) is 16.2 Å². The van der Waals surface area contributed by atoms with Gasteiger partial charge in [0.1, 0.15) is 0 Å². The maximum Gasteiger partial charge on any atom is 0.224 e. The topological polar surface area (TPSA) is 49.8 Å². The van der Waals surface area contributed by atoms with E-state index in [2.05, 4.69) is 20.6 Å². The Labute approximate surface area is 107 Å². The standard InChI is InChI=1S/C13H21FN4/c1-2-15-13-17-9-11(14)12(18-13)16-8-10-6-4-3-5-7-10/h9-10H,2-8H2,1H3,(H2,15,16,17,18). The lowest BCUT2D eigenvalue weighted by molar-refractivity contribution is 0.373. The maximum absolute atomic E-state index is 13.5. The van der Waals surface area contributed by atoms with Crippen molar-refractivity contribution in [2.45, 2.75) is 39.0 Å². The van der Waals surface area contributed by atoms with Crippen LogP contribution in [0.15, 0.2) is 6.20 Å². The first-order chi connectivity index (χ1) is 8.79. The largest absolute Gasteiger partial charge is 0.367 e. The minimum atomic E-state index is -0.382. The molecule has 0 saturated heterocycles. The van der Waals surface area contributed by atoms with Gasteiger partial charge in [0.2, 0.25) is 5.95 Å². The van der Waals surface area contributed by atoms with Crippen LogP contribution in [0.25, 0.3) is 0 Å². The molecule has 4 nitrogen and oxygen atoms in total. The Morgan fingerprint density at radius 3 is 2.78 bits per heavy atom. The molecule has 1 fully saturated rings. The molecule has 2 rings (SSSR count). The molecule has 1 aromatic rings. The van der Waals surface area contributed by atoms with E-state index in [1.54, 1.807) is 0 Å². The number of anilines is 2. The van der Waals surface area contributed by atoms with Gasteiger partial charge in [-0.25, -0.2) is 9.37 Å². The van der Waals surface area contributed by atoms with Crippen molar-refractivity contribution < 1.29 is 4.39 Å². The van der Waals surface area contributed by atoms with Crippen LogP contribution in [-0.2, 0) is 0 Å². The molecule has 0 bridgehead atoms. The SMILES string of the molecule is CCNc1ncc(F)c(NCC2CCCCC2)n1. The van der Waals surface area contributed by atoms with Gasteiger partial charge in [0.25, 0.3) is 0 Å². The lowest BCUT2D eigenvalue weighted by Gasteiger charge is -2.22. The molecular weight excluding hydrogens is 231 g/mol. The Morgan fingerprint density at radius 1 is 1.28 bits per heavy atom. The average molecular weight is 252 g/mol. The van der Waals surface area contributed by atoms with Crippen molar-refractivity contribution in [2.24, 2.45) is 5.92 Å². The van der Waals surface area contributed by atoms with Crippen molar-refractivity contribution in [3.63, 3.8) is 0 Å². The van der Waals surface area contributed by atoms with Gasteiger partial charge in [0.15, 0.2) is 11.6 Å². The van der Waals surface area contributed by atoms with E-state index in [1.807, 2.05) is 6.92 Å². The fourth-order valence-electron chi connectivity index (χ4n) is 2.37. The van der Waals surface area contributed by atoms with Crippen molar-refractivity contribution >= 4 is 11.8 Å². The van der Waals surface area contributed by atoms with Gasteiger partial charge >= 0.3 is 0 Å². The highest BCUT2D eigenvalue weighted by atomic mass is 19.1. The van der Waals surface area contributed by atoms with Crippen LogP contribution >= 0.6 is 0 Å². The number of rotatable bonds is 5. The highest BCUT2D eigenvalue weighted by Gasteiger charge is 2.14. The van der Waals surface area contributed by atoms with Gasteiger partial charge in [-0.1, -0.05) is 19.3 Å². The van der Waals surface area contributed by atoms with E-state index in [0.29, 0.717) is 17.7 Å². The molecule has 0 aromatic carbocycles. The van der Waals surface area contributed by atoms with Crippen LogP contribution in [0.3, 0.4) is 0 Å². The normalized spacial score (nSPS) is 16.6. The summed E-state index contributed by atoms with van der Waals surface area (Å²) in [7, 11) is 0. The fraction of sp³-hybridized carbons (Fsp3) is 0.692. The molecule has 1 saturated carbocycles. The molecule has 0 atom stereocenters.